The van der Waals surface area contributed by atoms with Crippen LogP contribution >= 0.6 is 0 Å². The second kappa shape index (κ2) is 8.09. The Morgan fingerprint density at radius 2 is 1.96 bits per heavy atom. The molecule has 0 aliphatic carbocycles. The van der Waals surface area contributed by atoms with Gasteiger partial charge in [-0.1, -0.05) is 30.3 Å². The monoisotopic (exact) mass is 354 g/mol. The molecule has 1 N–H and O–H groups in total. The maximum absolute atomic E-state index is 9.80. The minimum atomic E-state index is -0.895. The first-order valence-corrected chi connectivity index (χ1v) is 8.43. The molecule has 2 aliphatic rings. The van der Waals surface area contributed by atoms with E-state index in [4.69, 9.17) is 28.4 Å². The van der Waals surface area contributed by atoms with E-state index >= 15 is 0 Å². The molecule has 7 nitrogen and oxygen atoms in total. The second-order valence-corrected chi connectivity index (χ2v) is 6.61. The van der Waals surface area contributed by atoms with Crippen LogP contribution in [0.4, 0.5) is 0 Å². The Hall–Kier alpha value is -1.06. The molecule has 2 unspecified atom stereocenters. The molecule has 25 heavy (non-hydrogen) atoms. The Kier molecular flexibility index (Phi) is 6.06. The van der Waals surface area contributed by atoms with Gasteiger partial charge in [-0.25, -0.2) is 0 Å². The fourth-order valence-electron chi connectivity index (χ4n) is 3.25. The van der Waals surface area contributed by atoms with E-state index in [1.54, 1.807) is 21.0 Å². The zero-order valence-corrected chi connectivity index (χ0v) is 14.8. The van der Waals surface area contributed by atoms with Crippen LogP contribution in [0.3, 0.4) is 0 Å². The minimum Gasteiger partial charge on any atom is -0.394 e. The van der Waals surface area contributed by atoms with Gasteiger partial charge in [0.15, 0.2) is 12.1 Å². The quantitative estimate of drug-likeness (QED) is 0.805. The number of rotatable bonds is 5. The third kappa shape index (κ3) is 4.38. The second-order valence-electron chi connectivity index (χ2n) is 6.61. The van der Waals surface area contributed by atoms with E-state index in [1.807, 2.05) is 30.3 Å². The van der Waals surface area contributed by atoms with E-state index in [9.17, 15) is 5.11 Å². The van der Waals surface area contributed by atoms with E-state index in [1.165, 1.54) is 0 Å². The molecule has 0 bridgehead atoms. The van der Waals surface area contributed by atoms with E-state index in [-0.39, 0.29) is 19.5 Å². The Bertz CT molecular complexity index is 535. The number of benzene rings is 1. The minimum absolute atomic E-state index is 0.0639. The van der Waals surface area contributed by atoms with Gasteiger partial charge in [0.1, 0.15) is 31.2 Å². The Morgan fingerprint density at radius 3 is 2.64 bits per heavy atom. The van der Waals surface area contributed by atoms with Gasteiger partial charge in [0.05, 0.1) is 13.2 Å². The van der Waals surface area contributed by atoms with E-state index in [0.717, 1.165) is 5.56 Å². The standard InChI is InChI=1S/C18H26O7/c1-18(2)24-13(9-19)15(22-11-20-3)16-14(25-18)10-21-17(23-16)12-7-5-4-6-8-12/h4-8,13-17,19H,9-11H2,1-3H3/t13-,14-,15?,16-,17?/m1/s1. The highest BCUT2D eigenvalue weighted by atomic mass is 16.8. The zero-order chi connectivity index (χ0) is 17.9. The molecule has 0 saturated carbocycles. The van der Waals surface area contributed by atoms with Gasteiger partial charge in [0.25, 0.3) is 0 Å². The van der Waals surface area contributed by atoms with Crippen molar-refractivity contribution in [2.45, 2.75) is 50.3 Å². The lowest BCUT2D eigenvalue weighted by molar-refractivity contribution is -0.307. The predicted octanol–water partition coefficient (Wildman–Crippen LogP) is 1.60. The van der Waals surface area contributed by atoms with Crippen molar-refractivity contribution < 1.29 is 33.5 Å². The van der Waals surface area contributed by atoms with Crippen LogP contribution in [0.15, 0.2) is 30.3 Å². The summed E-state index contributed by atoms with van der Waals surface area (Å²) in [5.74, 6) is -0.895. The Labute approximate surface area is 147 Å². The van der Waals surface area contributed by atoms with Crippen LogP contribution in [0.2, 0.25) is 0 Å². The highest BCUT2D eigenvalue weighted by molar-refractivity contribution is 5.16. The van der Waals surface area contributed by atoms with Crippen molar-refractivity contribution in [3.8, 4) is 0 Å². The number of hydrogen-bond donors (Lipinski definition) is 1. The van der Waals surface area contributed by atoms with Gasteiger partial charge in [-0.15, -0.1) is 0 Å². The lowest BCUT2D eigenvalue weighted by Gasteiger charge is -2.39. The maximum atomic E-state index is 9.80. The average molecular weight is 354 g/mol. The highest BCUT2D eigenvalue weighted by Gasteiger charge is 2.49. The normalized spacial score (nSPS) is 35.0. The highest BCUT2D eigenvalue weighted by Crippen LogP contribution is 2.36. The molecule has 7 heteroatoms. The van der Waals surface area contributed by atoms with E-state index in [2.05, 4.69) is 0 Å². The first-order chi connectivity index (χ1) is 12.0. The van der Waals surface area contributed by atoms with Crippen molar-refractivity contribution in [2.24, 2.45) is 0 Å². The number of hydrogen-bond acceptors (Lipinski definition) is 7. The molecular weight excluding hydrogens is 328 g/mol. The van der Waals surface area contributed by atoms with E-state index < -0.39 is 30.4 Å². The van der Waals surface area contributed by atoms with Crippen LogP contribution in [0.25, 0.3) is 0 Å². The Balaban J connectivity index is 1.85. The summed E-state index contributed by atoms with van der Waals surface area (Å²) in [4.78, 5) is 0. The van der Waals surface area contributed by atoms with Crippen molar-refractivity contribution in [3.05, 3.63) is 35.9 Å². The molecule has 2 fully saturated rings. The van der Waals surface area contributed by atoms with Crippen LogP contribution < -0.4 is 0 Å². The number of aliphatic hydroxyl groups is 1. The summed E-state index contributed by atoms with van der Waals surface area (Å²) in [6.07, 6.45) is -2.52. The zero-order valence-electron chi connectivity index (χ0n) is 14.8. The third-order valence-electron chi connectivity index (χ3n) is 4.25. The molecule has 0 radical (unpaired) electrons. The molecule has 0 amide bonds. The van der Waals surface area contributed by atoms with Gasteiger partial charge in [-0.05, 0) is 13.8 Å². The number of aliphatic hydroxyl groups excluding tert-OH is 1. The average Bonchev–Trinajstić information content (AvgIpc) is 2.72. The SMILES string of the molecule is COCOC1[C@@H](CO)OC(C)(C)O[C@@H]2COC(c3ccccc3)O[C@@H]12. The molecule has 0 aromatic heterocycles. The largest absolute Gasteiger partial charge is 0.394 e. The maximum Gasteiger partial charge on any atom is 0.184 e. The van der Waals surface area contributed by atoms with Gasteiger partial charge in [-0.3, -0.25) is 0 Å². The molecule has 2 saturated heterocycles. The van der Waals surface area contributed by atoms with Crippen molar-refractivity contribution in [3.63, 3.8) is 0 Å². The van der Waals surface area contributed by atoms with Gasteiger partial charge in [0, 0.05) is 12.7 Å². The molecule has 2 heterocycles. The fourth-order valence-corrected chi connectivity index (χ4v) is 3.25. The number of ether oxygens (including phenoxy) is 6. The predicted molar refractivity (Wildman–Crippen MR) is 87.7 cm³/mol. The molecule has 5 atom stereocenters. The van der Waals surface area contributed by atoms with Crippen LogP contribution in [-0.2, 0) is 28.4 Å². The fraction of sp³-hybridized carbons (Fsp3) is 0.667. The lowest BCUT2D eigenvalue weighted by Crippen LogP contribution is -2.52. The molecule has 1 aromatic carbocycles. The number of methoxy groups -OCH3 is 1. The summed E-state index contributed by atoms with van der Waals surface area (Å²) in [7, 11) is 1.54. The van der Waals surface area contributed by atoms with Crippen LogP contribution in [0, 0.1) is 0 Å². The van der Waals surface area contributed by atoms with E-state index in [0.29, 0.717) is 6.61 Å². The van der Waals surface area contributed by atoms with Crippen LogP contribution in [0.1, 0.15) is 25.7 Å². The number of fused-ring (bicyclic) bond motifs is 1. The summed E-state index contributed by atoms with van der Waals surface area (Å²) in [5, 5.41) is 9.80. The van der Waals surface area contributed by atoms with Gasteiger partial charge >= 0.3 is 0 Å². The summed E-state index contributed by atoms with van der Waals surface area (Å²) < 4.78 is 34.8. The van der Waals surface area contributed by atoms with Crippen molar-refractivity contribution in [2.75, 3.05) is 27.1 Å². The van der Waals surface area contributed by atoms with Gasteiger partial charge < -0.3 is 33.5 Å². The van der Waals surface area contributed by atoms with Gasteiger partial charge in [0.2, 0.25) is 0 Å². The van der Waals surface area contributed by atoms with Crippen molar-refractivity contribution in [1.29, 1.82) is 0 Å². The molecule has 0 spiro atoms. The summed E-state index contributed by atoms with van der Waals surface area (Å²) in [6.45, 7) is 3.78. The van der Waals surface area contributed by atoms with Crippen LogP contribution in [-0.4, -0.2) is 62.4 Å². The molecule has 2 aliphatic heterocycles. The van der Waals surface area contributed by atoms with Crippen molar-refractivity contribution in [1.82, 2.24) is 0 Å². The molecule has 3 rings (SSSR count). The molecule has 140 valence electrons. The molecule has 1 aromatic rings. The third-order valence-corrected chi connectivity index (χ3v) is 4.25. The van der Waals surface area contributed by atoms with Crippen molar-refractivity contribution >= 4 is 0 Å². The van der Waals surface area contributed by atoms with Gasteiger partial charge in [-0.2, -0.15) is 0 Å². The first kappa shape index (κ1) is 18.7. The lowest BCUT2D eigenvalue weighted by atomic mass is 10.0. The topological polar surface area (TPSA) is 75.6 Å². The smallest absolute Gasteiger partial charge is 0.184 e. The first-order valence-electron chi connectivity index (χ1n) is 8.43. The molecular formula is C18H26O7. The Morgan fingerprint density at radius 1 is 1.20 bits per heavy atom. The summed E-state index contributed by atoms with van der Waals surface area (Å²) in [6, 6.07) is 9.68. The summed E-state index contributed by atoms with van der Waals surface area (Å²) >= 11 is 0. The van der Waals surface area contributed by atoms with Crippen LogP contribution in [0.5, 0.6) is 0 Å². The summed E-state index contributed by atoms with van der Waals surface area (Å²) in [5.41, 5.74) is 0.913.